The number of alkyl halides is 3. The van der Waals surface area contributed by atoms with Gasteiger partial charge in [0.15, 0.2) is 6.10 Å². The summed E-state index contributed by atoms with van der Waals surface area (Å²) in [6, 6.07) is 21.5. The number of carbonyl (C=O) groups is 2. The van der Waals surface area contributed by atoms with Gasteiger partial charge in [0.1, 0.15) is 0 Å². The summed E-state index contributed by atoms with van der Waals surface area (Å²) in [5.41, 5.74) is 3.57. The summed E-state index contributed by atoms with van der Waals surface area (Å²) < 4.78 is 44.8. The Balaban J connectivity index is 1.47. The van der Waals surface area contributed by atoms with E-state index in [0.717, 1.165) is 40.9 Å². The second kappa shape index (κ2) is 11.0. The minimum absolute atomic E-state index is 0.0426. The summed E-state index contributed by atoms with van der Waals surface area (Å²) in [6.45, 7) is 3.50. The first kappa shape index (κ1) is 27.1. The lowest BCUT2D eigenvalue weighted by atomic mass is 9.80. The molecule has 8 heteroatoms. The van der Waals surface area contributed by atoms with Crippen molar-refractivity contribution in [2.24, 2.45) is 5.92 Å². The number of allylic oxidation sites excluding steroid dienone is 1. The highest BCUT2D eigenvalue weighted by atomic mass is 19.4. The van der Waals surface area contributed by atoms with Crippen LogP contribution in [0.1, 0.15) is 53.0 Å². The van der Waals surface area contributed by atoms with Gasteiger partial charge in [-0.15, -0.1) is 0 Å². The summed E-state index contributed by atoms with van der Waals surface area (Å²) in [7, 11) is 0. The first-order valence-electron chi connectivity index (χ1n) is 13.0. The monoisotopic (exact) mass is 544 g/mol. The van der Waals surface area contributed by atoms with Crippen molar-refractivity contribution in [2.75, 3.05) is 5.32 Å². The summed E-state index contributed by atoms with van der Waals surface area (Å²) >= 11 is 0. The van der Waals surface area contributed by atoms with Gasteiger partial charge < -0.3 is 10.1 Å². The van der Waals surface area contributed by atoms with Crippen LogP contribution in [0.5, 0.6) is 0 Å². The van der Waals surface area contributed by atoms with Crippen LogP contribution >= 0.6 is 0 Å². The second-order valence-electron chi connectivity index (χ2n) is 10.0. The number of anilines is 1. The minimum atomic E-state index is -4.55. The largest absolute Gasteiger partial charge is 0.449 e. The Hall–Kier alpha value is -4.46. The molecule has 1 aromatic heterocycles. The van der Waals surface area contributed by atoms with Gasteiger partial charge >= 0.3 is 12.1 Å². The van der Waals surface area contributed by atoms with E-state index in [-0.39, 0.29) is 11.6 Å². The highest BCUT2D eigenvalue weighted by Crippen LogP contribution is 2.39. The molecular weight excluding hydrogens is 517 g/mol. The van der Waals surface area contributed by atoms with Crippen molar-refractivity contribution in [1.82, 2.24) is 4.98 Å². The van der Waals surface area contributed by atoms with Gasteiger partial charge in [-0.05, 0) is 72.7 Å². The number of hydrogen-bond acceptors (Lipinski definition) is 4. The molecule has 1 aliphatic rings. The summed E-state index contributed by atoms with van der Waals surface area (Å²) in [4.78, 5) is 31.4. The number of pyridine rings is 1. The summed E-state index contributed by atoms with van der Waals surface area (Å²) in [5, 5.41) is 3.03. The Bertz CT molecular complexity index is 1610. The number of esters is 1. The lowest BCUT2D eigenvalue weighted by Crippen LogP contribution is -2.31. The van der Waals surface area contributed by atoms with Crippen LogP contribution in [0.4, 0.5) is 18.9 Å². The van der Waals surface area contributed by atoms with E-state index in [1.807, 2.05) is 48.5 Å². The van der Waals surface area contributed by atoms with Crippen molar-refractivity contribution in [3.05, 3.63) is 107 Å². The van der Waals surface area contributed by atoms with Crippen LogP contribution in [0, 0.1) is 5.92 Å². The number of rotatable bonds is 5. The Morgan fingerprint density at radius 1 is 1.00 bits per heavy atom. The number of para-hydroxylation sites is 1. The van der Waals surface area contributed by atoms with Crippen LogP contribution in [0.15, 0.2) is 78.9 Å². The predicted molar refractivity (Wildman–Crippen MR) is 148 cm³/mol. The molecule has 5 nitrogen and oxygen atoms in total. The molecule has 1 heterocycles. The Kier molecular flexibility index (Phi) is 7.43. The van der Waals surface area contributed by atoms with Gasteiger partial charge in [-0.2, -0.15) is 13.2 Å². The SMILES string of the molecule is C[C@H]1C/C(=C\c2ccccc2)c2nc3ccccc3c(C(=O)O[C@@H](C)C(=O)Nc3cccc(C(F)(F)F)c3)c2C1. The fraction of sp³-hybridized carbons (Fsp3) is 0.219. The normalized spacial score (nSPS) is 16.8. The number of halogens is 3. The molecule has 0 spiro atoms. The van der Waals surface area contributed by atoms with Gasteiger partial charge in [0.2, 0.25) is 0 Å². The number of nitrogens with one attached hydrogen (secondary N) is 1. The Morgan fingerprint density at radius 2 is 1.73 bits per heavy atom. The molecule has 204 valence electrons. The van der Waals surface area contributed by atoms with Crippen molar-refractivity contribution in [1.29, 1.82) is 0 Å². The Morgan fingerprint density at radius 3 is 2.48 bits per heavy atom. The first-order chi connectivity index (χ1) is 19.1. The summed E-state index contributed by atoms with van der Waals surface area (Å²) in [6.07, 6.45) is -2.33. The molecule has 0 unspecified atom stereocenters. The topological polar surface area (TPSA) is 68.3 Å². The quantitative estimate of drug-likeness (QED) is 0.263. The van der Waals surface area contributed by atoms with Crippen molar-refractivity contribution >= 4 is 40.1 Å². The predicted octanol–water partition coefficient (Wildman–Crippen LogP) is 7.56. The molecule has 2 atom stereocenters. The van der Waals surface area contributed by atoms with Crippen LogP contribution in [-0.4, -0.2) is 23.0 Å². The van der Waals surface area contributed by atoms with Crippen molar-refractivity contribution in [3.8, 4) is 0 Å². The molecule has 3 aromatic carbocycles. The van der Waals surface area contributed by atoms with Gasteiger partial charge in [-0.1, -0.05) is 61.5 Å². The number of benzene rings is 3. The number of amides is 1. The average molecular weight is 545 g/mol. The lowest BCUT2D eigenvalue weighted by Gasteiger charge is -2.27. The number of aromatic nitrogens is 1. The Labute approximate surface area is 229 Å². The highest BCUT2D eigenvalue weighted by molar-refractivity contribution is 6.07. The molecule has 0 fully saturated rings. The van der Waals surface area contributed by atoms with Crippen LogP contribution in [0.25, 0.3) is 22.6 Å². The molecule has 0 saturated carbocycles. The molecule has 0 aliphatic heterocycles. The molecule has 0 bridgehead atoms. The van der Waals surface area contributed by atoms with Gasteiger partial charge in [0.25, 0.3) is 5.91 Å². The number of nitrogens with zero attached hydrogens (tertiary/aromatic N) is 1. The number of fused-ring (bicyclic) bond motifs is 2. The number of ether oxygens (including phenoxy) is 1. The van der Waals surface area contributed by atoms with Gasteiger partial charge in [-0.3, -0.25) is 4.79 Å². The van der Waals surface area contributed by atoms with E-state index in [9.17, 15) is 22.8 Å². The van der Waals surface area contributed by atoms with Crippen LogP contribution < -0.4 is 5.32 Å². The van der Waals surface area contributed by atoms with Gasteiger partial charge in [-0.25, -0.2) is 9.78 Å². The molecule has 1 aliphatic carbocycles. The van der Waals surface area contributed by atoms with Crippen molar-refractivity contribution < 1.29 is 27.5 Å². The highest BCUT2D eigenvalue weighted by Gasteiger charge is 2.32. The lowest BCUT2D eigenvalue weighted by molar-refractivity contribution is -0.137. The number of carbonyl (C=O) groups excluding carboxylic acids is 2. The maximum atomic E-state index is 13.7. The molecule has 4 aromatic rings. The van der Waals surface area contributed by atoms with E-state index >= 15 is 0 Å². The molecule has 1 N–H and O–H groups in total. The fourth-order valence-corrected chi connectivity index (χ4v) is 5.01. The van der Waals surface area contributed by atoms with E-state index in [1.165, 1.54) is 19.1 Å². The smallest absolute Gasteiger partial charge is 0.416 e. The standard InChI is InChI=1S/C32H27F3N2O3/c1-19-15-22(17-21-9-4-3-5-10-21)29-26(16-19)28(25-13-6-7-14-27(25)37-29)31(39)40-20(2)30(38)36-24-12-8-11-23(18-24)32(33,34)35/h3-14,17-20H,15-16H2,1-2H3,(H,36,38)/b22-17+/t19-,20-/m0/s1. The zero-order valence-corrected chi connectivity index (χ0v) is 22.0. The van der Waals surface area contributed by atoms with Crippen molar-refractivity contribution in [2.45, 2.75) is 39.0 Å². The van der Waals surface area contributed by atoms with Gasteiger partial charge in [0.05, 0.1) is 22.3 Å². The maximum absolute atomic E-state index is 13.7. The van der Waals surface area contributed by atoms with Crippen LogP contribution in [-0.2, 0) is 22.1 Å². The minimum Gasteiger partial charge on any atom is -0.449 e. The first-order valence-corrected chi connectivity index (χ1v) is 13.0. The van der Waals surface area contributed by atoms with Gasteiger partial charge in [0, 0.05) is 11.1 Å². The van der Waals surface area contributed by atoms with E-state index in [0.29, 0.717) is 22.9 Å². The maximum Gasteiger partial charge on any atom is 0.416 e. The third-order valence-electron chi connectivity index (χ3n) is 6.87. The molecule has 40 heavy (non-hydrogen) atoms. The summed E-state index contributed by atoms with van der Waals surface area (Å²) in [5.74, 6) is -1.19. The van der Waals surface area contributed by atoms with E-state index < -0.39 is 29.7 Å². The molecule has 5 rings (SSSR count). The fourth-order valence-electron chi connectivity index (χ4n) is 5.01. The van der Waals surface area contributed by atoms with E-state index in [1.54, 1.807) is 6.07 Å². The second-order valence-corrected chi connectivity index (χ2v) is 10.0. The van der Waals surface area contributed by atoms with Crippen molar-refractivity contribution in [3.63, 3.8) is 0 Å². The van der Waals surface area contributed by atoms with Crippen LogP contribution in [0.3, 0.4) is 0 Å². The third-order valence-corrected chi connectivity index (χ3v) is 6.87. The van der Waals surface area contributed by atoms with E-state index in [4.69, 9.17) is 9.72 Å². The zero-order valence-electron chi connectivity index (χ0n) is 22.0. The molecule has 1 amide bonds. The molecule has 0 saturated heterocycles. The van der Waals surface area contributed by atoms with E-state index in [2.05, 4.69) is 18.3 Å². The number of hydrogen-bond donors (Lipinski definition) is 1. The van der Waals surface area contributed by atoms with Crippen LogP contribution in [0.2, 0.25) is 0 Å². The average Bonchev–Trinajstić information content (AvgIpc) is 2.92. The molecular formula is C32H27F3N2O3. The molecule has 0 radical (unpaired) electrons. The third kappa shape index (κ3) is 5.76. The zero-order chi connectivity index (χ0) is 28.4.